The van der Waals surface area contributed by atoms with Crippen LogP contribution >= 0.6 is 0 Å². The van der Waals surface area contributed by atoms with Gasteiger partial charge in [0.15, 0.2) is 0 Å². The van der Waals surface area contributed by atoms with Crippen LogP contribution in [0, 0.1) is 0 Å². The van der Waals surface area contributed by atoms with E-state index in [1.807, 2.05) is 36.4 Å². The van der Waals surface area contributed by atoms with Crippen molar-refractivity contribution in [3.63, 3.8) is 0 Å². The zero-order valence-electron chi connectivity index (χ0n) is 24.1. The van der Waals surface area contributed by atoms with Crippen LogP contribution in [-0.2, 0) is 0 Å². The van der Waals surface area contributed by atoms with Gasteiger partial charge in [-0.1, -0.05) is 133 Å². The standard InChI is InChI=1S/C40H30BNO2/c43-41(44)36-14-8-13-35(28-36)39-15-6-7-16-40(39)42(37-23-19-31(20-24-37)29-9-2-1-3-10-29)38-25-21-32(22-26-38)34-18-17-30-11-4-5-12-33(30)27-34/h1-28,43-44H. The van der Waals surface area contributed by atoms with Gasteiger partial charge in [-0.25, -0.2) is 0 Å². The Labute approximate surface area is 258 Å². The molecule has 2 N–H and O–H groups in total. The summed E-state index contributed by atoms with van der Waals surface area (Å²) >= 11 is 0. The average molecular weight is 567 g/mol. The Morgan fingerprint density at radius 1 is 0.386 bits per heavy atom. The Balaban J connectivity index is 1.34. The number of hydrogen-bond acceptors (Lipinski definition) is 3. The van der Waals surface area contributed by atoms with Gasteiger partial charge in [-0.2, -0.15) is 0 Å². The number of anilines is 3. The van der Waals surface area contributed by atoms with Crippen molar-refractivity contribution < 1.29 is 10.0 Å². The lowest BCUT2D eigenvalue weighted by molar-refractivity contribution is 0.426. The molecule has 0 radical (unpaired) electrons. The summed E-state index contributed by atoms with van der Waals surface area (Å²) < 4.78 is 0. The first-order valence-corrected chi connectivity index (χ1v) is 14.7. The van der Waals surface area contributed by atoms with Crippen molar-refractivity contribution in [1.82, 2.24) is 0 Å². The predicted molar refractivity (Wildman–Crippen MR) is 185 cm³/mol. The van der Waals surface area contributed by atoms with Crippen LogP contribution in [0.1, 0.15) is 0 Å². The molecule has 0 amide bonds. The Kier molecular flexibility index (Phi) is 7.52. The van der Waals surface area contributed by atoms with Crippen molar-refractivity contribution in [3.05, 3.63) is 170 Å². The summed E-state index contributed by atoms with van der Waals surface area (Å²) in [5, 5.41) is 22.2. The number of benzene rings is 7. The maximum atomic E-state index is 9.87. The fraction of sp³-hybridized carbons (Fsp3) is 0. The number of para-hydroxylation sites is 1. The summed E-state index contributed by atoms with van der Waals surface area (Å²) in [5.41, 5.74) is 10.0. The van der Waals surface area contributed by atoms with Gasteiger partial charge in [-0.3, -0.25) is 0 Å². The van der Waals surface area contributed by atoms with Gasteiger partial charge in [0.25, 0.3) is 0 Å². The third-order valence-electron chi connectivity index (χ3n) is 8.08. The first-order chi connectivity index (χ1) is 21.6. The van der Waals surface area contributed by atoms with Crippen molar-refractivity contribution in [2.45, 2.75) is 0 Å². The van der Waals surface area contributed by atoms with Gasteiger partial charge in [0.2, 0.25) is 0 Å². The molecule has 7 aromatic carbocycles. The topological polar surface area (TPSA) is 43.7 Å². The molecule has 0 aliphatic carbocycles. The summed E-state index contributed by atoms with van der Waals surface area (Å²) in [7, 11) is -1.54. The molecule has 0 atom stereocenters. The van der Waals surface area contributed by atoms with Gasteiger partial charge in [-0.05, 0) is 80.5 Å². The molecule has 0 saturated carbocycles. The summed E-state index contributed by atoms with van der Waals surface area (Å²) in [5.74, 6) is 0. The van der Waals surface area contributed by atoms with Gasteiger partial charge in [-0.15, -0.1) is 0 Å². The van der Waals surface area contributed by atoms with Gasteiger partial charge < -0.3 is 14.9 Å². The Bertz CT molecular complexity index is 2040. The second-order valence-corrected chi connectivity index (χ2v) is 10.9. The maximum absolute atomic E-state index is 9.87. The van der Waals surface area contributed by atoms with Gasteiger partial charge >= 0.3 is 7.12 Å². The van der Waals surface area contributed by atoms with E-state index < -0.39 is 7.12 Å². The second kappa shape index (κ2) is 12.1. The summed E-state index contributed by atoms with van der Waals surface area (Å²) in [6.45, 7) is 0. The minimum atomic E-state index is -1.54. The van der Waals surface area contributed by atoms with E-state index in [2.05, 4.69) is 132 Å². The minimum absolute atomic E-state index is 0.454. The molecule has 0 unspecified atom stereocenters. The lowest BCUT2D eigenvalue weighted by atomic mass is 9.79. The van der Waals surface area contributed by atoms with Crippen molar-refractivity contribution >= 4 is 40.4 Å². The third kappa shape index (κ3) is 5.52. The van der Waals surface area contributed by atoms with E-state index in [0.717, 1.165) is 39.3 Å². The summed E-state index contributed by atoms with van der Waals surface area (Å²) in [6.07, 6.45) is 0. The molecule has 4 heteroatoms. The number of nitrogens with zero attached hydrogens (tertiary/aromatic N) is 1. The molecule has 0 aliphatic heterocycles. The van der Waals surface area contributed by atoms with Gasteiger partial charge in [0.05, 0.1) is 5.69 Å². The minimum Gasteiger partial charge on any atom is -0.423 e. The van der Waals surface area contributed by atoms with E-state index in [9.17, 15) is 10.0 Å². The van der Waals surface area contributed by atoms with Crippen molar-refractivity contribution in [2.24, 2.45) is 0 Å². The van der Waals surface area contributed by atoms with Crippen LogP contribution in [0.4, 0.5) is 17.1 Å². The Hall–Kier alpha value is -5.42. The van der Waals surface area contributed by atoms with E-state index in [-0.39, 0.29) is 0 Å². The van der Waals surface area contributed by atoms with Crippen LogP contribution < -0.4 is 10.4 Å². The monoisotopic (exact) mass is 567 g/mol. The van der Waals surface area contributed by atoms with Crippen LogP contribution in [0.3, 0.4) is 0 Å². The highest BCUT2D eigenvalue weighted by molar-refractivity contribution is 6.58. The lowest BCUT2D eigenvalue weighted by Gasteiger charge is -2.28. The number of fused-ring (bicyclic) bond motifs is 1. The van der Waals surface area contributed by atoms with Gasteiger partial charge in [0, 0.05) is 16.9 Å². The molecular weight excluding hydrogens is 537 g/mol. The van der Waals surface area contributed by atoms with Crippen molar-refractivity contribution in [3.8, 4) is 33.4 Å². The molecule has 0 aromatic heterocycles. The second-order valence-electron chi connectivity index (χ2n) is 10.9. The zero-order chi connectivity index (χ0) is 29.9. The van der Waals surface area contributed by atoms with Crippen LogP contribution in [-0.4, -0.2) is 17.2 Å². The van der Waals surface area contributed by atoms with Crippen LogP contribution in [0.25, 0.3) is 44.2 Å². The van der Waals surface area contributed by atoms with E-state index in [1.54, 1.807) is 6.07 Å². The molecule has 210 valence electrons. The predicted octanol–water partition coefficient (Wildman–Crippen LogP) is 8.99. The number of hydrogen-bond donors (Lipinski definition) is 2. The lowest BCUT2D eigenvalue weighted by Crippen LogP contribution is -2.29. The molecule has 7 rings (SSSR count). The highest BCUT2D eigenvalue weighted by Crippen LogP contribution is 2.41. The molecule has 0 aliphatic rings. The van der Waals surface area contributed by atoms with Crippen LogP contribution in [0.2, 0.25) is 0 Å². The average Bonchev–Trinajstić information content (AvgIpc) is 3.09. The molecule has 0 spiro atoms. The Morgan fingerprint density at radius 3 is 1.64 bits per heavy atom. The molecule has 0 heterocycles. The molecule has 0 fully saturated rings. The highest BCUT2D eigenvalue weighted by atomic mass is 16.4. The fourth-order valence-corrected chi connectivity index (χ4v) is 5.81. The van der Waals surface area contributed by atoms with Crippen LogP contribution in [0.5, 0.6) is 0 Å². The van der Waals surface area contributed by atoms with Crippen molar-refractivity contribution in [2.75, 3.05) is 4.90 Å². The third-order valence-corrected chi connectivity index (χ3v) is 8.08. The normalized spacial score (nSPS) is 11.0. The summed E-state index contributed by atoms with van der Waals surface area (Å²) in [6, 6.07) is 58.4. The molecular formula is C40H30BNO2. The van der Waals surface area contributed by atoms with E-state index in [1.165, 1.54) is 21.9 Å². The van der Waals surface area contributed by atoms with E-state index >= 15 is 0 Å². The Morgan fingerprint density at radius 2 is 0.932 bits per heavy atom. The van der Waals surface area contributed by atoms with Crippen LogP contribution in [0.15, 0.2) is 170 Å². The fourth-order valence-electron chi connectivity index (χ4n) is 5.81. The molecule has 44 heavy (non-hydrogen) atoms. The highest BCUT2D eigenvalue weighted by Gasteiger charge is 2.19. The molecule has 7 aromatic rings. The van der Waals surface area contributed by atoms with Crippen molar-refractivity contribution in [1.29, 1.82) is 0 Å². The molecule has 3 nitrogen and oxygen atoms in total. The van der Waals surface area contributed by atoms with E-state index in [0.29, 0.717) is 5.46 Å². The van der Waals surface area contributed by atoms with E-state index in [4.69, 9.17) is 0 Å². The van der Waals surface area contributed by atoms with Gasteiger partial charge in [0.1, 0.15) is 0 Å². The summed E-state index contributed by atoms with van der Waals surface area (Å²) in [4.78, 5) is 2.26. The molecule has 0 saturated heterocycles. The quantitative estimate of drug-likeness (QED) is 0.189. The first-order valence-electron chi connectivity index (χ1n) is 14.7. The molecule has 0 bridgehead atoms. The maximum Gasteiger partial charge on any atom is 0.488 e. The smallest absolute Gasteiger partial charge is 0.423 e. The first kappa shape index (κ1) is 27.4. The number of rotatable bonds is 7. The zero-order valence-corrected chi connectivity index (χ0v) is 24.1. The SMILES string of the molecule is OB(O)c1cccc(-c2ccccc2N(c2ccc(-c3ccccc3)cc2)c2ccc(-c3ccc4ccccc4c3)cc2)c1. The largest absolute Gasteiger partial charge is 0.488 e.